The number of amides is 2. The molecule has 1 atom stereocenters. The van der Waals surface area contributed by atoms with E-state index < -0.39 is 6.04 Å². The molecule has 1 fully saturated rings. The first-order valence-electron chi connectivity index (χ1n) is 10.3. The topological polar surface area (TPSA) is 78.7 Å². The first-order valence-corrected chi connectivity index (χ1v) is 11.2. The van der Waals surface area contributed by atoms with E-state index >= 15 is 0 Å². The number of carbonyl (C=O) groups is 2. The second-order valence-corrected chi connectivity index (χ2v) is 8.64. The minimum Gasteiger partial charge on any atom is -0.353 e. The van der Waals surface area contributed by atoms with E-state index in [0.717, 1.165) is 16.2 Å². The van der Waals surface area contributed by atoms with Crippen LogP contribution in [0.5, 0.6) is 0 Å². The van der Waals surface area contributed by atoms with E-state index in [2.05, 4.69) is 50.8 Å². The maximum atomic E-state index is 12.6. The molecule has 5 rings (SSSR count). The van der Waals surface area contributed by atoms with E-state index in [0.29, 0.717) is 26.2 Å². The van der Waals surface area contributed by atoms with Gasteiger partial charge < -0.3 is 10.6 Å². The standard InChI is InChI=1S/C23H23N5O2S/c29-21(25-13-19-15-28-9-10-31-23(28)26-19)12-20-22(30)24-7-8-27(20)14-16-5-6-17-3-1-2-4-18(17)11-16/h1-6,9-11,15,20H,7-8,12-14H2,(H,24,30)(H,25,29)/t20-/m0/s1. The Morgan fingerprint density at radius 1 is 1.23 bits per heavy atom. The second kappa shape index (κ2) is 8.49. The van der Waals surface area contributed by atoms with Gasteiger partial charge in [-0.05, 0) is 22.4 Å². The Bertz CT molecular complexity index is 1220. The Balaban J connectivity index is 1.24. The van der Waals surface area contributed by atoms with Gasteiger partial charge in [0.05, 0.1) is 24.7 Å². The molecule has 2 N–H and O–H groups in total. The first kappa shape index (κ1) is 19.7. The molecule has 7 nitrogen and oxygen atoms in total. The number of benzene rings is 2. The van der Waals surface area contributed by atoms with Crippen LogP contribution < -0.4 is 10.6 Å². The smallest absolute Gasteiger partial charge is 0.237 e. The zero-order chi connectivity index (χ0) is 21.2. The van der Waals surface area contributed by atoms with Gasteiger partial charge >= 0.3 is 0 Å². The lowest BCUT2D eigenvalue weighted by Gasteiger charge is -2.34. The molecule has 158 valence electrons. The van der Waals surface area contributed by atoms with Gasteiger partial charge in [-0.1, -0.05) is 36.4 Å². The minimum absolute atomic E-state index is 0.0929. The highest BCUT2D eigenvalue weighted by Gasteiger charge is 2.31. The Labute approximate surface area is 183 Å². The number of nitrogens with one attached hydrogen (secondary N) is 2. The summed E-state index contributed by atoms with van der Waals surface area (Å²) >= 11 is 1.55. The van der Waals surface area contributed by atoms with Gasteiger partial charge in [0.2, 0.25) is 11.8 Å². The summed E-state index contributed by atoms with van der Waals surface area (Å²) in [5.41, 5.74) is 1.94. The predicted octanol–water partition coefficient (Wildman–Crippen LogP) is 2.56. The molecule has 31 heavy (non-hydrogen) atoms. The third-order valence-corrected chi connectivity index (χ3v) is 6.40. The number of thiazole rings is 1. The van der Waals surface area contributed by atoms with Crippen LogP contribution in [0.3, 0.4) is 0 Å². The lowest BCUT2D eigenvalue weighted by molar-refractivity contribution is -0.134. The van der Waals surface area contributed by atoms with Gasteiger partial charge in [-0.2, -0.15) is 0 Å². The van der Waals surface area contributed by atoms with Gasteiger partial charge in [-0.3, -0.25) is 18.9 Å². The zero-order valence-electron chi connectivity index (χ0n) is 17.0. The quantitative estimate of drug-likeness (QED) is 0.490. The van der Waals surface area contributed by atoms with Crippen LogP contribution in [0.1, 0.15) is 17.7 Å². The number of fused-ring (bicyclic) bond motifs is 2. The van der Waals surface area contributed by atoms with Crippen LogP contribution >= 0.6 is 11.3 Å². The monoisotopic (exact) mass is 433 g/mol. The number of hydrogen-bond acceptors (Lipinski definition) is 5. The van der Waals surface area contributed by atoms with Crippen molar-refractivity contribution in [2.24, 2.45) is 0 Å². The molecule has 0 bridgehead atoms. The van der Waals surface area contributed by atoms with Crippen molar-refractivity contribution >= 4 is 38.9 Å². The van der Waals surface area contributed by atoms with E-state index in [1.54, 1.807) is 11.3 Å². The number of imidazole rings is 1. The van der Waals surface area contributed by atoms with Gasteiger partial charge in [0.1, 0.15) is 0 Å². The number of hydrogen-bond donors (Lipinski definition) is 2. The maximum Gasteiger partial charge on any atom is 0.237 e. The van der Waals surface area contributed by atoms with Crippen molar-refractivity contribution in [2.45, 2.75) is 25.6 Å². The zero-order valence-corrected chi connectivity index (χ0v) is 17.8. The summed E-state index contributed by atoms with van der Waals surface area (Å²) in [6.45, 7) is 2.30. The lowest BCUT2D eigenvalue weighted by atomic mass is 10.0. The average Bonchev–Trinajstić information content (AvgIpc) is 3.37. The highest BCUT2D eigenvalue weighted by molar-refractivity contribution is 7.15. The minimum atomic E-state index is -0.481. The molecule has 0 saturated carbocycles. The average molecular weight is 434 g/mol. The lowest BCUT2D eigenvalue weighted by Crippen LogP contribution is -2.56. The van der Waals surface area contributed by atoms with Crippen LogP contribution in [0, 0.1) is 0 Å². The highest BCUT2D eigenvalue weighted by atomic mass is 32.1. The Morgan fingerprint density at radius 3 is 2.97 bits per heavy atom. The molecule has 0 unspecified atom stereocenters. The molecule has 1 saturated heterocycles. The molecule has 3 heterocycles. The molecule has 1 aliphatic rings. The second-order valence-electron chi connectivity index (χ2n) is 7.76. The van der Waals surface area contributed by atoms with Gasteiger partial charge in [0.15, 0.2) is 4.96 Å². The normalized spacial score (nSPS) is 17.2. The fraction of sp³-hybridized carbons (Fsp3) is 0.261. The molecule has 0 aliphatic carbocycles. The molecular formula is C23H23N5O2S. The molecule has 2 aromatic heterocycles. The van der Waals surface area contributed by atoms with Crippen LogP contribution in [0.15, 0.2) is 60.2 Å². The number of aromatic nitrogens is 2. The maximum absolute atomic E-state index is 12.6. The number of rotatable bonds is 6. The van der Waals surface area contributed by atoms with Gasteiger partial charge in [0, 0.05) is 37.4 Å². The molecule has 2 amide bonds. The Kier molecular flexibility index (Phi) is 5.40. The molecule has 0 spiro atoms. The number of carbonyl (C=O) groups excluding carboxylic acids is 2. The fourth-order valence-corrected chi connectivity index (χ4v) is 4.76. The van der Waals surface area contributed by atoms with Gasteiger partial charge in [-0.25, -0.2) is 4.98 Å². The first-order chi connectivity index (χ1) is 15.2. The van der Waals surface area contributed by atoms with E-state index in [4.69, 9.17) is 0 Å². The van der Waals surface area contributed by atoms with Crippen LogP contribution in [-0.4, -0.2) is 45.2 Å². The summed E-state index contributed by atoms with van der Waals surface area (Å²) < 4.78 is 1.94. The van der Waals surface area contributed by atoms with Crippen LogP contribution in [0.25, 0.3) is 15.7 Å². The summed E-state index contributed by atoms with van der Waals surface area (Å²) in [6.07, 6.45) is 3.97. The van der Waals surface area contributed by atoms with Crippen molar-refractivity contribution in [3.05, 3.63) is 71.5 Å². The van der Waals surface area contributed by atoms with E-state index in [1.807, 2.05) is 34.3 Å². The van der Waals surface area contributed by atoms with E-state index in [1.165, 1.54) is 10.8 Å². The van der Waals surface area contributed by atoms with Crippen molar-refractivity contribution in [1.29, 1.82) is 0 Å². The summed E-state index contributed by atoms with van der Waals surface area (Å²) in [7, 11) is 0. The van der Waals surface area contributed by atoms with Crippen molar-refractivity contribution < 1.29 is 9.59 Å². The van der Waals surface area contributed by atoms with Crippen LogP contribution in [0.2, 0.25) is 0 Å². The summed E-state index contributed by atoms with van der Waals surface area (Å²) in [5.74, 6) is -0.244. The summed E-state index contributed by atoms with van der Waals surface area (Å²) in [6, 6.07) is 14.1. The van der Waals surface area contributed by atoms with Crippen LogP contribution in [0.4, 0.5) is 0 Å². The van der Waals surface area contributed by atoms with E-state index in [9.17, 15) is 9.59 Å². The van der Waals surface area contributed by atoms with Crippen molar-refractivity contribution in [3.8, 4) is 0 Å². The molecule has 8 heteroatoms. The largest absolute Gasteiger partial charge is 0.353 e. The van der Waals surface area contributed by atoms with Crippen molar-refractivity contribution in [2.75, 3.05) is 13.1 Å². The van der Waals surface area contributed by atoms with Crippen LogP contribution in [-0.2, 0) is 22.7 Å². The van der Waals surface area contributed by atoms with Gasteiger partial charge in [-0.15, -0.1) is 11.3 Å². The van der Waals surface area contributed by atoms with E-state index in [-0.39, 0.29) is 18.2 Å². The third-order valence-electron chi connectivity index (χ3n) is 5.63. The highest BCUT2D eigenvalue weighted by Crippen LogP contribution is 2.19. The Morgan fingerprint density at radius 2 is 2.10 bits per heavy atom. The SMILES string of the molecule is O=C(C[C@H]1C(=O)NCCN1Cc1ccc2ccccc2c1)NCc1cn2ccsc2n1. The fourth-order valence-electron chi connectivity index (χ4n) is 4.04. The van der Waals surface area contributed by atoms with Gasteiger partial charge in [0.25, 0.3) is 0 Å². The molecule has 0 radical (unpaired) electrons. The predicted molar refractivity (Wildman–Crippen MR) is 121 cm³/mol. The number of piperazine rings is 1. The molecular weight excluding hydrogens is 410 g/mol. The van der Waals surface area contributed by atoms with Crippen molar-refractivity contribution in [1.82, 2.24) is 24.9 Å². The summed E-state index contributed by atoms with van der Waals surface area (Å²) in [5, 5.41) is 10.1. The molecule has 1 aliphatic heterocycles. The number of nitrogens with zero attached hydrogens (tertiary/aromatic N) is 3. The third kappa shape index (κ3) is 4.30. The Hall–Kier alpha value is -3.23. The van der Waals surface area contributed by atoms with Crippen molar-refractivity contribution in [3.63, 3.8) is 0 Å². The summed E-state index contributed by atoms with van der Waals surface area (Å²) in [4.78, 5) is 32.6. The molecule has 4 aromatic rings. The molecule has 2 aromatic carbocycles.